The van der Waals surface area contributed by atoms with Crippen molar-refractivity contribution in [2.45, 2.75) is 65.3 Å². The van der Waals surface area contributed by atoms with E-state index in [1.165, 1.54) is 6.92 Å². The van der Waals surface area contributed by atoms with Gasteiger partial charge in [0, 0.05) is 38.6 Å². The molecule has 5 atom stereocenters. The molecule has 1 aromatic heterocycles. The van der Waals surface area contributed by atoms with Crippen LogP contribution in [0.25, 0.3) is 21.7 Å². The molecule has 0 radical (unpaired) electrons. The largest absolute Gasteiger partial charge is 0.463 e. The summed E-state index contributed by atoms with van der Waals surface area (Å²) in [6, 6.07) is 10.3. The third kappa shape index (κ3) is 6.07. The van der Waals surface area contributed by atoms with Crippen LogP contribution in [0.1, 0.15) is 33.3 Å². The van der Waals surface area contributed by atoms with Crippen molar-refractivity contribution in [3.63, 3.8) is 0 Å². The van der Waals surface area contributed by atoms with E-state index in [0.29, 0.717) is 21.7 Å². The molecule has 0 unspecified atom stereocenters. The third-order valence-corrected chi connectivity index (χ3v) is 6.18. The van der Waals surface area contributed by atoms with Gasteiger partial charge in [-0.15, -0.1) is 0 Å². The molecule has 212 valence electrons. The summed E-state index contributed by atoms with van der Waals surface area (Å²) in [5.41, 5.74) is 0.177. The van der Waals surface area contributed by atoms with Gasteiger partial charge in [0.15, 0.2) is 12.2 Å². The average molecular weight is 557 g/mol. The van der Waals surface area contributed by atoms with Crippen LogP contribution in [0.15, 0.2) is 45.6 Å². The first kappa shape index (κ1) is 28.6. The second kappa shape index (κ2) is 11.7. The fraction of sp³-hybridized carbons (Fsp3) is 0.393. The molecule has 1 aliphatic heterocycles. The van der Waals surface area contributed by atoms with Gasteiger partial charge in [-0.05, 0) is 30.5 Å². The minimum absolute atomic E-state index is 0.201. The highest BCUT2D eigenvalue weighted by Gasteiger charge is 2.53. The minimum Gasteiger partial charge on any atom is -0.463 e. The van der Waals surface area contributed by atoms with Crippen molar-refractivity contribution in [2.24, 2.45) is 0 Å². The second-order valence-electron chi connectivity index (χ2n) is 9.19. The molecule has 2 aromatic carbocycles. The van der Waals surface area contributed by atoms with Gasteiger partial charge >= 0.3 is 29.5 Å². The molecule has 12 heteroatoms. The molecule has 12 nitrogen and oxygen atoms in total. The number of rotatable bonds is 7. The molecule has 40 heavy (non-hydrogen) atoms. The zero-order valence-corrected chi connectivity index (χ0v) is 22.5. The van der Waals surface area contributed by atoms with Crippen LogP contribution in [0.3, 0.4) is 0 Å². The Morgan fingerprint density at radius 3 is 1.98 bits per heavy atom. The van der Waals surface area contributed by atoms with Crippen LogP contribution in [0, 0.1) is 6.92 Å². The Morgan fingerprint density at radius 2 is 1.35 bits per heavy atom. The van der Waals surface area contributed by atoms with E-state index >= 15 is 0 Å². The van der Waals surface area contributed by atoms with Gasteiger partial charge in [0.05, 0.1) is 5.39 Å². The summed E-state index contributed by atoms with van der Waals surface area (Å²) >= 11 is 0. The first-order valence-corrected chi connectivity index (χ1v) is 12.4. The van der Waals surface area contributed by atoms with Gasteiger partial charge in [0.25, 0.3) is 0 Å². The first-order valence-electron chi connectivity index (χ1n) is 12.4. The molecule has 4 rings (SSSR count). The predicted molar refractivity (Wildman–Crippen MR) is 137 cm³/mol. The SMILES string of the molecule is CC(=O)OC[C@H]1O[C@@H](Oc2ccc3c(oc(=O)c4ccccc43)c2C)[C@H](OC(C)=O)[C@@H](OC(C)=O)[C@@H]1OC(C)=O. The number of esters is 4. The lowest BCUT2D eigenvalue weighted by molar-refractivity contribution is -0.288. The lowest BCUT2D eigenvalue weighted by Crippen LogP contribution is -2.63. The number of aryl methyl sites for hydroxylation is 1. The number of hydrogen-bond acceptors (Lipinski definition) is 12. The summed E-state index contributed by atoms with van der Waals surface area (Å²) in [5.74, 6) is -2.70. The minimum atomic E-state index is -1.43. The standard InChI is InChI=1S/C28H28O12/c1-13-21(11-10-19-18-8-6-7-9-20(18)27(33)40-23(13)19)38-28-26(37-17(5)32)25(36-16(4)31)24(35-15(3)30)22(39-28)12-34-14(2)29/h6-11,22,24-26,28H,12H2,1-5H3/t22-,24-,25+,26-,28-/m1/s1. The Bertz CT molecular complexity index is 1520. The van der Waals surface area contributed by atoms with Crippen molar-refractivity contribution < 1.29 is 52.0 Å². The Labute approximate surface area is 228 Å². The number of benzene rings is 2. The lowest BCUT2D eigenvalue weighted by atomic mass is 9.98. The van der Waals surface area contributed by atoms with Crippen molar-refractivity contribution in [1.82, 2.24) is 0 Å². The van der Waals surface area contributed by atoms with Gasteiger partial charge < -0.3 is 32.8 Å². The Morgan fingerprint density at radius 1 is 0.750 bits per heavy atom. The molecule has 1 saturated heterocycles. The van der Waals surface area contributed by atoms with E-state index in [1.807, 2.05) is 0 Å². The molecule has 3 aromatic rings. The fourth-order valence-electron chi connectivity index (χ4n) is 4.60. The van der Waals surface area contributed by atoms with E-state index in [2.05, 4.69) is 0 Å². The molecule has 1 fully saturated rings. The van der Waals surface area contributed by atoms with Crippen LogP contribution in [0.5, 0.6) is 5.75 Å². The topological polar surface area (TPSA) is 154 Å². The number of fused-ring (bicyclic) bond motifs is 3. The van der Waals surface area contributed by atoms with E-state index < -0.39 is 66.8 Å². The summed E-state index contributed by atoms with van der Waals surface area (Å²) in [5, 5.41) is 1.78. The first-order chi connectivity index (χ1) is 19.0. The molecule has 0 bridgehead atoms. The van der Waals surface area contributed by atoms with Crippen molar-refractivity contribution >= 4 is 45.6 Å². The molecule has 0 saturated carbocycles. The normalized spacial score (nSPS) is 22.4. The molecule has 0 N–H and O–H groups in total. The smallest absolute Gasteiger partial charge is 0.344 e. The molecular formula is C28H28O12. The van der Waals surface area contributed by atoms with E-state index in [9.17, 15) is 24.0 Å². The molecule has 0 spiro atoms. The van der Waals surface area contributed by atoms with E-state index in [4.69, 9.17) is 32.8 Å². The Hall–Kier alpha value is -4.45. The summed E-state index contributed by atoms with van der Waals surface area (Å²) < 4.78 is 39.1. The maximum absolute atomic E-state index is 12.6. The molecular weight excluding hydrogens is 528 g/mol. The van der Waals surface area contributed by atoms with Crippen molar-refractivity contribution in [3.05, 3.63) is 52.4 Å². The van der Waals surface area contributed by atoms with Crippen LogP contribution in [-0.4, -0.2) is 61.2 Å². The lowest BCUT2D eigenvalue weighted by Gasteiger charge is -2.44. The number of ether oxygens (including phenoxy) is 6. The van der Waals surface area contributed by atoms with Crippen LogP contribution < -0.4 is 10.4 Å². The van der Waals surface area contributed by atoms with Gasteiger partial charge in [0.2, 0.25) is 12.4 Å². The third-order valence-electron chi connectivity index (χ3n) is 6.18. The van der Waals surface area contributed by atoms with Crippen LogP contribution in [-0.2, 0) is 42.9 Å². The molecule has 1 aliphatic rings. The zero-order chi connectivity index (χ0) is 29.1. The summed E-state index contributed by atoms with van der Waals surface area (Å²) in [6.07, 6.45) is -6.70. The maximum atomic E-state index is 12.6. The number of carbonyl (C=O) groups excluding carboxylic acids is 4. The quantitative estimate of drug-likeness (QED) is 0.182. The van der Waals surface area contributed by atoms with Crippen molar-refractivity contribution in [3.8, 4) is 5.75 Å². The number of carbonyl (C=O) groups is 4. The van der Waals surface area contributed by atoms with Crippen LogP contribution in [0.2, 0.25) is 0 Å². The number of hydrogen-bond donors (Lipinski definition) is 0. The highest BCUT2D eigenvalue weighted by Crippen LogP contribution is 2.35. The molecule has 2 heterocycles. The maximum Gasteiger partial charge on any atom is 0.344 e. The van der Waals surface area contributed by atoms with Crippen LogP contribution >= 0.6 is 0 Å². The predicted octanol–water partition coefficient (Wildman–Crippen LogP) is 2.72. The van der Waals surface area contributed by atoms with Gasteiger partial charge in [-0.3, -0.25) is 19.2 Å². The summed E-state index contributed by atoms with van der Waals surface area (Å²) in [4.78, 5) is 60.2. The highest BCUT2D eigenvalue weighted by molar-refractivity contribution is 6.05. The Balaban J connectivity index is 1.78. The van der Waals surface area contributed by atoms with Crippen LogP contribution in [0.4, 0.5) is 0 Å². The van der Waals surface area contributed by atoms with Gasteiger partial charge in [-0.2, -0.15) is 0 Å². The van der Waals surface area contributed by atoms with E-state index in [-0.39, 0.29) is 11.3 Å². The molecule has 0 aliphatic carbocycles. The highest BCUT2D eigenvalue weighted by atomic mass is 16.7. The monoisotopic (exact) mass is 556 g/mol. The van der Waals surface area contributed by atoms with Gasteiger partial charge in [-0.25, -0.2) is 4.79 Å². The van der Waals surface area contributed by atoms with E-state index in [1.54, 1.807) is 43.3 Å². The fourth-order valence-corrected chi connectivity index (χ4v) is 4.60. The average Bonchev–Trinajstić information content (AvgIpc) is 2.87. The van der Waals surface area contributed by atoms with E-state index in [0.717, 1.165) is 20.8 Å². The van der Waals surface area contributed by atoms with Gasteiger partial charge in [-0.1, -0.05) is 18.2 Å². The van der Waals surface area contributed by atoms with Gasteiger partial charge in [0.1, 0.15) is 24.0 Å². The molecule has 0 amide bonds. The zero-order valence-electron chi connectivity index (χ0n) is 22.5. The summed E-state index contributed by atoms with van der Waals surface area (Å²) in [7, 11) is 0. The Kier molecular flexibility index (Phi) is 8.38. The van der Waals surface area contributed by atoms with Crippen molar-refractivity contribution in [1.29, 1.82) is 0 Å². The second-order valence-corrected chi connectivity index (χ2v) is 9.19. The summed E-state index contributed by atoms with van der Waals surface area (Å²) in [6.45, 7) is 5.85. The van der Waals surface area contributed by atoms with Crippen molar-refractivity contribution in [2.75, 3.05) is 6.61 Å².